The summed E-state index contributed by atoms with van der Waals surface area (Å²) in [6, 6.07) is 11.9. The molecule has 0 saturated carbocycles. The molecule has 31 heavy (non-hydrogen) atoms. The van der Waals surface area contributed by atoms with Crippen LogP contribution in [-0.2, 0) is 28.5 Å². The van der Waals surface area contributed by atoms with Gasteiger partial charge in [-0.2, -0.15) is 0 Å². The first-order valence-corrected chi connectivity index (χ1v) is 11.6. The van der Waals surface area contributed by atoms with Crippen LogP contribution in [0.15, 0.2) is 42.5 Å². The molecule has 0 spiro atoms. The lowest BCUT2D eigenvalue weighted by atomic mass is 9.87. The molecular formula is C20H26N4O5S2. The van der Waals surface area contributed by atoms with E-state index in [0.29, 0.717) is 12.1 Å². The van der Waals surface area contributed by atoms with E-state index in [2.05, 4.69) is 20.8 Å². The van der Waals surface area contributed by atoms with E-state index in [1.807, 2.05) is 24.3 Å². The number of benzene rings is 2. The molecule has 0 amide bonds. The largest absolute Gasteiger partial charge is 0.376 e. The fourth-order valence-electron chi connectivity index (χ4n) is 2.92. The lowest BCUT2D eigenvalue weighted by Crippen LogP contribution is -2.34. The van der Waals surface area contributed by atoms with Crippen LogP contribution in [0.2, 0.25) is 0 Å². The van der Waals surface area contributed by atoms with Crippen molar-refractivity contribution in [3.8, 4) is 0 Å². The van der Waals surface area contributed by atoms with E-state index in [0.717, 1.165) is 11.8 Å². The van der Waals surface area contributed by atoms with E-state index in [1.54, 1.807) is 4.90 Å². The number of anilines is 1. The van der Waals surface area contributed by atoms with Gasteiger partial charge in [-0.3, -0.25) is 15.3 Å². The summed E-state index contributed by atoms with van der Waals surface area (Å²) in [6.45, 7) is 6.93. The predicted molar refractivity (Wildman–Crippen MR) is 123 cm³/mol. The number of hydrogen-bond acceptors (Lipinski definition) is 6. The minimum Gasteiger partial charge on any atom is -0.376 e. The van der Waals surface area contributed by atoms with Crippen LogP contribution in [0.25, 0.3) is 0 Å². The minimum absolute atomic E-state index is 0.0224. The number of sulfonamides is 1. The predicted octanol–water partition coefficient (Wildman–Crippen LogP) is 3.29. The average Bonchev–Trinajstić information content (AvgIpc) is 2.65. The van der Waals surface area contributed by atoms with Crippen molar-refractivity contribution in [1.82, 2.24) is 4.90 Å². The molecule has 0 aliphatic rings. The second-order valence-electron chi connectivity index (χ2n) is 8.23. The van der Waals surface area contributed by atoms with Crippen molar-refractivity contribution in [1.29, 1.82) is 0 Å². The molecule has 0 fully saturated rings. The van der Waals surface area contributed by atoms with Gasteiger partial charge >= 0.3 is 0 Å². The number of thiocarbonyl (C=S) groups is 1. The summed E-state index contributed by atoms with van der Waals surface area (Å²) in [4.78, 5) is 12.4. The fraction of sp³-hybridized carbons (Fsp3) is 0.350. The molecule has 9 nitrogen and oxygen atoms in total. The Labute approximate surface area is 187 Å². The first-order valence-electron chi connectivity index (χ1n) is 9.30. The number of nitro groups is 1. The summed E-state index contributed by atoms with van der Waals surface area (Å²) in [5.74, 6) is 0. The molecule has 11 heteroatoms. The Morgan fingerprint density at radius 2 is 1.65 bits per heavy atom. The second kappa shape index (κ2) is 9.16. The normalized spacial score (nSPS) is 11.8. The lowest BCUT2D eigenvalue weighted by Gasteiger charge is -2.24. The third kappa shape index (κ3) is 6.36. The quantitative estimate of drug-likeness (QED) is 0.361. The van der Waals surface area contributed by atoms with Crippen molar-refractivity contribution >= 4 is 38.7 Å². The van der Waals surface area contributed by atoms with Gasteiger partial charge in [0.05, 0.1) is 11.2 Å². The molecule has 0 radical (unpaired) electrons. The topological polar surface area (TPSA) is 130 Å². The van der Waals surface area contributed by atoms with Crippen molar-refractivity contribution in [3.63, 3.8) is 0 Å². The Kier molecular flexibility index (Phi) is 7.25. The van der Waals surface area contributed by atoms with Gasteiger partial charge < -0.3 is 10.6 Å². The molecule has 2 aromatic carbocycles. The average molecular weight is 467 g/mol. The van der Waals surface area contributed by atoms with Crippen LogP contribution >= 0.6 is 12.2 Å². The van der Waals surface area contributed by atoms with Crippen LogP contribution in [-0.4, -0.2) is 34.8 Å². The van der Waals surface area contributed by atoms with Crippen molar-refractivity contribution in [2.24, 2.45) is 5.73 Å². The summed E-state index contributed by atoms with van der Waals surface area (Å²) in [6.07, 6.45) is 0.740. The molecular weight excluding hydrogens is 440 g/mol. The number of hydrogen-bond donors (Lipinski definition) is 2. The first kappa shape index (κ1) is 24.5. The van der Waals surface area contributed by atoms with Gasteiger partial charge in [0.2, 0.25) is 0 Å². The van der Waals surface area contributed by atoms with E-state index in [1.165, 1.54) is 23.8 Å². The van der Waals surface area contributed by atoms with Gasteiger partial charge in [-0.25, -0.2) is 8.42 Å². The smallest absolute Gasteiger partial charge is 0.296 e. The zero-order valence-corrected chi connectivity index (χ0v) is 19.4. The highest BCUT2D eigenvalue weighted by Gasteiger charge is 2.25. The maximum atomic E-state index is 11.6. The van der Waals surface area contributed by atoms with Gasteiger partial charge in [0.25, 0.3) is 15.7 Å². The number of rotatable bonds is 7. The number of nitrogens with zero attached hydrogens (tertiary/aromatic N) is 3. The first-order chi connectivity index (χ1) is 14.2. The van der Waals surface area contributed by atoms with Crippen LogP contribution in [0.4, 0.5) is 11.4 Å². The van der Waals surface area contributed by atoms with Gasteiger partial charge in [-0.05, 0) is 40.4 Å². The maximum absolute atomic E-state index is 11.6. The molecule has 0 aliphatic heterocycles. The van der Waals surface area contributed by atoms with E-state index in [-0.39, 0.29) is 21.5 Å². The van der Waals surface area contributed by atoms with Gasteiger partial charge in [0.15, 0.2) is 10.8 Å². The van der Waals surface area contributed by atoms with Gasteiger partial charge in [-0.1, -0.05) is 51.1 Å². The molecule has 0 bridgehead atoms. The number of nitro benzene ring substituents is 1. The molecule has 0 heterocycles. The zero-order valence-electron chi connectivity index (χ0n) is 17.8. The Hall–Kier alpha value is -2.76. The molecule has 0 saturated heterocycles. The molecule has 3 N–H and O–H groups in total. The highest BCUT2D eigenvalue weighted by molar-refractivity contribution is 7.91. The van der Waals surface area contributed by atoms with Crippen molar-refractivity contribution in [3.05, 3.63) is 69.3 Å². The molecule has 0 unspecified atom stereocenters. The summed E-state index contributed by atoms with van der Waals surface area (Å²) >= 11 is 5.14. The van der Waals surface area contributed by atoms with Crippen LogP contribution in [0.3, 0.4) is 0 Å². The van der Waals surface area contributed by atoms with Crippen LogP contribution in [0, 0.1) is 10.1 Å². The minimum atomic E-state index is -4.08. The van der Waals surface area contributed by atoms with E-state index < -0.39 is 26.3 Å². The molecule has 2 aromatic rings. The van der Waals surface area contributed by atoms with E-state index >= 15 is 0 Å². The van der Waals surface area contributed by atoms with Crippen molar-refractivity contribution in [2.45, 2.75) is 39.3 Å². The molecule has 2 rings (SSSR count). The van der Waals surface area contributed by atoms with E-state index in [4.69, 9.17) is 18.0 Å². The molecule has 0 aromatic heterocycles. The Morgan fingerprint density at radius 3 is 2.10 bits per heavy atom. The van der Waals surface area contributed by atoms with Crippen LogP contribution in [0.1, 0.15) is 37.5 Å². The van der Waals surface area contributed by atoms with Gasteiger partial charge in [0, 0.05) is 19.2 Å². The Bertz CT molecular complexity index is 1080. The van der Waals surface area contributed by atoms with Gasteiger partial charge in [0.1, 0.15) is 0 Å². The standard InChI is InChI=1S/C20H26N4O5S2/c1-20(2,3)16-8-5-14(6-9-16)12-22(19(21)30)13-15-7-10-17(18(11-15)23(25)26)24(27)31(4,28)29/h5-11,27H,12-13H2,1-4H3,(H2,21,30). The highest BCUT2D eigenvalue weighted by Crippen LogP contribution is 2.30. The Morgan fingerprint density at radius 1 is 1.13 bits per heavy atom. The SMILES string of the molecule is CC(C)(C)c1ccc(CN(Cc2ccc(N(O)S(C)(=O)=O)c([N+](=O)[O-])c2)C(N)=S)cc1. The number of nitrogens with two attached hydrogens (primary N) is 1. The molecule has 0 aliphatic carbocycles. The summed E-state index contributed by atoms with van der Waals surface area (Å²) in [5.41, 5.74) is 7.51. The fourth-order valence-corrected chi connectivity index (χ4v) is 3.56. The molecule has 0 atom stereocenters. The van der Waals surface area contributed by atoms with Crippen LogP contribution in [0.5, 0.6) is 0 Å². The van der Waals surface area contributed by atoms with E-state index in [9.17, 15) is 23.7 Å². The lowest BCUT2D eigenvalue weighted by molar-refractivity contribution is -0.384. The van der Waals surface area contributed by atoms with Crippen molar-refractivity contribution in [2.75, 3.05) is 10.7 Å². The summed E-state index contributed by atoms with van der Waals surface area (Å²) in [7, 11) is -4.08. The van der Waals surface area contributed by atoms with Crippen LogP contribution < -0.4 is 10.2 Å². The maximum Gasteiger partial charge on any atom is 0.296 e. The highest BCUT2D eigenvalue weighted by atomic mass is 32.2. The zero-order chi connectivity index (χ0) is 23.6. The summed E-state index contributed by atoms with van der Waals surface area (Å²) in [5, 5.41) is 21.4. The summed E-state index contributed by atoms with van der Waals surface area (Å²) < 4.78 is 23.0. The van der Waals surface area contributed by atoms with Gasteiger partial charge in [-0.15, -0.1) is 4.47 Å². The molecule has 168 valence electrons. The monoisotopic (exact) mass is 466 g/mol. The second-order valence-corrected chi connectivity index (χ2v) is 10.5. The third-order valence-corrected chi connectivity index (χ3v) is 5.72. The third-order valence-electron chi connectivity index (χ3n) is 4.64. The van der Waals surface area contributed by atoms with Crippen molar-refractivity contribution < 1.29 is 18.5 Å². The Balaban J connectivity index is 2.30.